The van der Waals surface area contributed by atoms with Crippen molar-refractivity contribution in [2.24, 2.45) is 4.99 Å². The van der Waals surface area contributed by atoms with Crippen LogP contribution in [0.3, 0.4) is 0 Å². The molecule has 1 aromatic carbocycles. The van der Waals surface area contributed by atoms with E-state index in [1.165, 1.54) is 18.2 Å². The van der Waals surface area contributed by atoms with Crippen LogP contribution in [0, 0.1) is 0 Å². The fraction of sp³-hybridized carbons (Fsp3) is 0. The summed E-state index contributed by atoms with van der Waals surface area (Å²) in [4.78, 5) is 14.2. The molecular weight excluding hydrogens is 210 g/mol. The number of carbonyl (C=O) groups is 1. The second kappa shape index (κ2) is 4.14. The highest BCUT2D eigenvalue weighted by Gasteiger charge is 2.07. The third-order valence-corrected chi connectivity index (χ3v) is 1.76. The van der Waals surface area contributed by atoms with Crippen LogP contribution in [0.15, 0.2) is 23.2 Å². The molecule has 13 heavy (non-hydrogen) atoms. The summed E-state index contributed by atoms with van der Waals surface area (Å²) >= 11 is 10.0. The van der Waals surface area contributed by atoms with Gasteiger partial charge in [-0.15, -0.1) is 0 Å². The van der Waals surface area contributed by atoms with E-state index in [2.05, 4.69) is 22.4 Å². The Balaban J connectivity index is 3.19. The number of hydrogen-bond acceptors (Lipinski definition) is 3. The van der Waals surface area contributed by atoms with Crippen LogP contribution in [0.4, 0.5) is 5.69 Å². The van der Waals surface area contributed by atoms with Crippen molar-refractivity contribution in [1.29, 1.82) is 0 Å². The van der Waals surface area contributed by atoms with Gasteiger partial charge in [-0.25, -0.2) is 4.79 Å². The summed E-state index contributed by atoms with van der Waals surface area (Å²) in [6.45, 7) is 0. The number of carboxylic acid groups (broad SMARTS) is 1. The van der Waals surface area contributed by atoms with Gasteiger partial charge in [-0.05, 0) is 30.4 Å². The molecule has 0 aliphatic carbocycles. The molecular formula is C8H4ClNO2S. The van der Waals surface area contributed by atoms with Crippen molar-refractivity contribution in [2.45, 2.75) is 0 Å². The molecule has 0 unspecified atom stereocenters. The largest absolute Gasteiger partial charge is 0.478 e. The van der Waals surface area contributed by atoms with E-state index in [1.54, 1.807) is 0 Å². The fourth-order valence-electron chi connectivity index (χ4n) is 0.800. The number of nitrogens with zero attached hydrogens (tertiary/aromatic N) is 1. The van der Waals surface area contributed by atoms with Gasteiger partial charge in [0.05, 0.1) is 21.4 Å². The lowest BCUT2D eigenvalue weighted by Gasteiger charge is -1.97. The summed E-state index contributed by atoms with van der Waals surface area (Å²) in [5.74, 6) is -1.07. The summed E-state index contributed by atoms with van der Waals surface area (Å²) in [7, 11) is 0. The molecule has 0 spiro atoms. The SMILES string of the molecule is O=C(O)c1ccc(N=C=S)cc1Cl. The first-order valence-corrected chi connectivity index (χ1v) is 4.04. The Bertz CT molecular complexity index is 399. The lowest BCUT2D eigenvalue weighted by atomic mass is 10.2. The molecule has 1 aromatic rings. The average molecular weight is 214 g/mol. The van der Waals surface area contributed by atoms with Crippen molar-refractivity contribution in [2.75, 3.05) is 0 Å². The molecule has 1 rings (SSSR count). The van der Waals surface area contributed by atoms with E-state index in [4.69, 9.17) is 16.7 Å². The molecule has 0 saturated carbocycles. The van der Waals surface area contributed by atoms with Gasteiger partial charge < -0.3 is 5.11 Å². The van der Waals surface area contributed by atoms with E-state index in [0.29, 0.717) is 5.69 Å². The van der Waals surface area contributed by atoms with Gasteiger partial charge in [0, 0.05) is 0 Å². The minimum absolute atomic E-state index is 0.0463. The standard InChI is InChI=1S/C8H4ClNO2S/c9-7-3-5(10-4-13)1-2-6(7)8(11)12/h1-3H,(H,11,12). The second-order valence-corrected chi connectivity index (χ2v) is 2.76. The number of thiocarbonyl (C=S) groups is 1. The first kappa shape index (κ1) is 9.86. The number of aliphatic imine (C=N–C) groups is 1. The van der Waals surface area contributed by atoms with Crippen LogP contribution in [-0.2, 0) is 0 Å². The first-order chi connectivity index (χ1) is 6.15. The van der Waals surface area contributed by atoms with E-state index in [9.17, 15) is 4.79 Å². The quantitative estimate of drug-likeness (QED) is 0.607. The molecule has 3 nitrogen and oxygen atoms in total. The van der Waals surface area contributed by atoms with Gasteiger partial charge in [-0.2, -0.15) is 4.99 Å². The summed E-state index contributed by atoms with van der Waals surface area (Å²) in [6, 6.07) is 4.30. The minimum Gasteiger partial charge on any atom is -0.478 e. The van der Waals surface area contributed by atoms with Gasteiger partial charge in [0.15, 0.2) is 0 Å². The van der Waals surface area contributed by atoms with E-state index in [0.717, 1.165) is 0 Å². The molecule has 0 fully saturated rings. The van der Waals surface area contributed by atoms with Crippen LogP contribution in [-0.4, -0.2) is 16.2 Å². The third kappa shape index (κ3) is 2.36. The van der Waals surface area contributed by atoms with Gasteiger partial charge in [0.1, 0.15) is 0 Å². The molecule has 0 heterocycles. The normalized spacial score (nSPS) is 9.00. The maximum absolute atomic E-state index is 10.5. The molecule has 0 saturated heterocycles. The molecule has 0 amide bonds. The van der Waals surface area contributed by atoms with Gasteiger partial charge in [-0.1, -0.05) is 11.6 Å². The predicted octanol–water partition coefficient (Wildman–Crippen LogP) is 2.77. The zero-order chi connectivity index (χ0) is 9.84. The summed E-state index contributed by atoms with van der Waals surface area (Å²) in [6.07, 6.45) is 0. The molecule has 0 atom stereocenters. The zero-order valence-corrected chi connectivity index (χ0v) is 7.89. The Morgan fingerprint density at radius 3 is 2.77 bits per heavy atom. The van der Waals surface area contributed by atoms with Crippen LogP contribution >= 0.6 is 23.8 Å². The maximum atomic E-state index is 10.5. The zero-order valence-electron chi connectivity index (χ0n) is 6.32. The van der Waals surface area contributed by atoms with Crippen LogP contribution < -0.4 is 0 Å². The lowest BCUT2D eigenvalue weighted by Crippen LogP contribution is -1.96. The smallest absolute Gasteiger partial charge is 0.337 e. The molecule has 5 heteroatoms. The highest BCUT2D eigenvalue weighted by atomic mass is 35.5. The Labute approximate surface area is 84.7 Å². The number of isothiocyanates is 1. The van der Waals surface area contributed by atoms with Crippen LogP contribution in [0.2, 0.25) is 5.02 Å². The van der Waals surface area contributed by atoms with Crippen LogP contribution in [0.1, 0.15) is 10.4 Å². The van der Waals surface area contributed by atoms with Gasteiger partial charge in [-0.3, -0.25) is 0 Å². The van der Waals surface area contributed by atoms with Crippen LogP contribution in [0.5, 0.6) is 0 Å². The lowest BCUT2D eigenvalue weighted by molar-refractivity contribution is 0.0697. The van der Waals surface area contributed by atoms with Gasteiger partial charge in [0.25, 0.3) is 0 Å². The Morgan fingerprint density at radius 2 is 2.31 bits per heavy atom. The highest BCUT2D eigenvalue weighted by molar-refractivity contribution is 7.78. The molecule has 66 valence electrons. The van der Waals surface area contributed by atoms with E-state index in [-0.39, 0.29) is 10.6 Å². The van der Waals surface area contributed by atoms with Crippen molar-refractivity contribution in [3.05, 3.63) is 28.8 Å². The Morgan fingerprint density at radius 1 is 1.62 bits per heavy atom. The van der Waals surface area contributed by atoms with Crippen molar-refractivity contribution < 1.29 is 9.90 Å². The maximum Gasteiger partial charge on any atom is 0.337 e. The number of benzene rings is 1. The van der Waals surface area contributed by atoms with Crippen molar-refractivity contribution in [1.82, 2.24) is 0 Å². The van der Waals surface area contributed by atoms with Gasteiger partial charge >= 0.3 is 5.97 Å². The van der Waals surface area contributed by atoms with Crippen LogP contribution in [0.25, 0.3) is 0 Å². The molecule has 0 aliphatic rings. The molecule has 0 bridgehead atoms. The Kier molecular flexibility index (Phi) is 3.14. The molecule has 0 aromatic heterocycles. The van der Waals surface area contributed by atoms with Crippen molar-refractivity contribution in [3.63, 3.8) is 0 Å². The average Bonchev–Trinajstić information content (AvgIpc) is 2.04. The van der Waals surface area contributed by atoms with E-state index >= 15 is 0 Å². The molecule has 0 radical (unpaired) electrons. The van der Waals surface area contributed by atoms with E-state index < -0.39 is 5.97 Å². The number of halogens is 1. The molecule has 1 N–H and O–H groups in total. The van der Waals surface area contributed by atoms with E-state index in [1.807, 2.05) is 0 Å². The molecule has 0 aliphatic heterocycles. The Hall–Kier alpha value is -1.22. The number of rotatable bonds is 2. The number of carboxylic acids is 1. The minimum atomic E-state index is -1.07. The first-order valence-electron chi connectivity index (χ1n) is 3.26. The van der Waals surface area contributed by atoms with Crippen molar-refractivity contribution in [3.8, 4) is 0 Å². The predicted molar refractivity (Wildman–Crippen MR) is 53.1 cm³/mol. The summed E-state index contributed by atoms with van der Waals surface area (Å²) in [5, 5.41) is 10.9. The summed E-state index contributed by atoms with van der Waals surface area (Å²) in [5.41, 5.74) is 0.537. The summed E-state index contributed by atoms with van der Waals surface area (Å²) < 4.78 is 0. The third-order valence-electron chi connectivity index (χ3n) is 1.36. The second-order valence-electron chi connectivity index (χ2n) is 2.17. The number of aromatic carboxylic acids is 1. The highest BCUT2D eigenvalue weighted by Crippen LogP contribution is 2.22. The van der Waals surface area contributed by atoms with Gasteiger partial charge in [0.2, 0.25) is 0 Å². The van der Waals surface area contributed by atoms with Crippen molar-refractivity contribution >= 4 is 40.6 Å². The number of hydrogen-bond donors (Lipinski definition) is 1. The topological polar surface area (TPSA) is 49.7 Å². The fourth-order valence-corrected chi connectivity index (χ4v) is 1.16. The monoisotopic (exact) mass is 213 g/mol.